The van der Waals surface area contributed by atoms with Crippen LogP contribution in [0, 0.1) is 69.5 Å². The Balaban J connectivity index is 0.000000143. The minimum Gasteiger partial charge on any atom is -0.340 e. The molecule has 12 aromatic carbocycles. The fraction of sp³-hybridized carbons (Fsp3) is 0.115. The number of rotatable bonds is 5. The van der Waals surface area contributed by atoms with Gasteiger partial charge in [-0.25, -0.2) is 0 Å². The van der Waals surface area contributed by atoms with E-state index in [0.29, 0.717) is 5.92 Å². The predicted octanol–water partition coefficient (Wildman–Crippen LogP) is 25.6. The molecule has 16 heteroatoms. The van der Waals surface area contributed by atoms with Crippen molar-refractivity contribution in [1.29, 1.82) is 0 Å². The van der Waals surface area contributed by atoms with Gasteiger partial charge in [0.2, 0.25) is 0 Å². The summed E-state index contributed by atoms with van der Waals surface area (Å²) in [6, 6.07) is 113. The molecule has 120 heavy (non-hydrogen) atoms. The van der Waals surface area contributed by atoms with E-state index in [4.69, 9.17) is 4.98 Å². The average molecular weight is 2630 g/mol. The minimum atomic E-state index is 0. The summed E-state index contributed by atoms with van der Waals surface area (Å²) in [7, 11) is 0. The maximum absolute atomic E-state index is 5.06. The molecule has 0 saturated heterocycles. The maximum Gasteiger partial charge on any atom is 0.0669 e. The molecule has 0 N–H and O–H groups in total. The number of nitrogens with zero attached hydrogens (tertiary/aromatic N) is 10. The molecule has 0 saturated carbocycles. The summed E-state index contributed by atoms with van der Waals surface area (Å²) in [6.07, 6.45) is 14.5. The van der Waals surface area contributed by atoms with Gasteiger partial charge in [0.05, 0.1) is 34.0 Å². The van der Waals surface area contributed by atoms with E-state index in [0.717, 1.165) is 84.5 Å². The first kappa shape index (κ1) is 90.7. The van der Waals surface area contributed by atoms with Gasteiger partial charge < -0.3 is 27.6 Å². The number of aromatic nitrogens is 10. The van der Waals surface area contributed by atoms with Crippen LogP contribution in [-0.4, -0.2) is 47.5 Å². The first-order valence-electron chi connectivity index (χ1n) is 38.7. The van der Waals surface area contributed by atoms with Crippen molar-refractivity contribution in [1.82, 2.24) is 47.5 Å². The van der Waals surface area contributed by atoms with Crippen molar-refractivity contribution < 1.29 is 121 Å². The summed E-state index contributed by atoms with van der Waals surface area (Å²) in [6.45, 7) is 19.9. The second-order valence-electron chi connectivity index (χ2n) is 30.3. The van der Waals surface area contributed by atoms with Gasteiger partial charge in [-0.3, -0.25) is 19.9 Å². The standard InChI is InChI=1S/C29H29N2.C18H15N2.C16H11N2.C15H9N2.C15H10N.C11H8N.6Ir/c1-18-10-9-11-19(2)26(18)27-20(3)30-28-23-13-8-7-12-22(23)24-16-21(17-29(4,5)6)14-15-25(24)31(27)28;1-12(2)13-7-8-17-16(11-13)14-5-3-4-6-15(14)18-19-9-10-20(17)18;1-11-10-18-15-9-5-4-7-13(15)12-6-2-3-8-14(12)16(18)17-11;1-2-7-13-11(5-1)12-6-3-4-8-14(12)17-10-9-16-15(13)17;1-2-7-13(8-3-1)15-14-9-5-4-6-12(14)10-11-16-15;1-2-6-10(7-3-1)11-8-4-5-9-12-11;;;;;;/h7-12,14-16H,17H2,1-6H3;3-5,7-12H,1-2H3;2-7,9-10H,1H3;1-6,8-10H;1-7,9-11H;1-6,8-9H;;;;;;/q6*-1;;;;;;. The molecule has 0 spiro atoms. The molecular formula is C104H82Ir6N10-6. The molecule has 10 nitrogen and oxygen atoms in total. The Kier molecular flexibility index (Phi) is 30.3. The Morgan fingerprint density at radius 3 is 1.40 bits per heavy atom. The molecule has 6 radical (unpaired) electrons. The van der Waals surface area contributed by atoms with Gasteiger partial charge in [0.15, 0.2) is 0 Å². The maximum atomic E-state index is 5.06. The second kappa shape index (κ2) is 40.1. The van der Waals surface area contributed by atoms with Gasteiger partial charge in [0, 0.05) is 197 Å². The van der Waals surface area contributed by atoms with Gasteiger partial charge in [0.1, 0.15) is 0 Å². The third-order valence-electron chi connectivity index (χ3n) is 21.0. The third-order valence-corrected chi connectivity index (χ3v) is 21.0. The molecule has 0 amide bonds. The van der Waals surface area contributed by atoms with Crippen LogP contribution in [0.15, 0.2) is 316 Å². The Labute approximate surface area is 780 Å². The topological polar surface area (TPSA) is 95.0 Å². The zero-order valence-electron chi connectivity index (χ0n) is 67.3. The monoisotopic (exact) mass is 2630 g/mol. The first-order chi connectivity index (χ1) is 55.7. The summed E-state index contributed by atoms with van der Waals surface area (Å²) >= 11 is 0. The Bertz CT molecular complexity index is 7100. The quantitative estimate of drug-likeness (QED) is 0.126. The van der Waals surface area contributed by atoms with E-state index in [1.807, 2.05) is 165 Å². The predicted molar refractivity (Wildman–Crippen MR) is 472 cm³/mol. The fourth-order valence-electron chi connectivity index (χ4n) is 15.8. The van der Waals surface area contributed by atoms with Gasteiger partial charge in [-0.1, -0.05) is 171 Å². The first-order valence-corrected chi connectivity index (χ1v) is 38.7. The molecule has 0 atom stereocenters. The number of imidazole rings is 4. The van der Waals surface area contributed by atoms with Crippen molar-refractivity contribution in [2.24, 2.45) is 5.41 Å². The Hall–Kier alpha value is -10.1. The van der Waals surface area contributed by atoms with Crippen LogP contribution in [0.2, 0.25) is 0 Å². The molecule has 0 aliphatic rings. The van der Waals surface area contributed by atoms with E-state index in [1.165, 1.54) is 109 Å². The molecule has 10 heterocycles. The van der Waals surface area contributed by atoms with Crippen molar-refractivity contribution in [2.45, 2.75) is 74.7 Å². The zero-order chi connectivity index (χ0) is 78.0. The smallest absolute Gasteiger partial charge is 0.0669 e. The number of para-hydroxylation sites is 2. The van der Waals surface area contributed by atoms with Crippen molar-refractivity contribution in [3.05, 3.63) is 386 Å². The van der Waals surface area contributed by atoms with E-state index >= 15 is 0 Å². The van der Waals surface area contributed by atoms with Crippen LogP contribution in [0.1, 0.15) is 74.2 Å². The van der Waals surface area contributed by atoms with Crippen molar-refractivity contribution >= 4 is 120 Å². The van der Waals surface area contributed by atoms with Gasteiger partial charge in [-0.15, -0.1) is 190 Å². The van der Waals surface area contributed by atoms with Crippen LogP contribution in [0.4, 0.5) is 0 Å². The van der Waals surface area contributed by atoms with E-state index in [-0.39, 0.29) is 126 Å². The summed E-state index contributed by atoms with van der Waals surface area (Å²) in [5.41, 5.74) is 22.9. The number of fused-ring (bicyclic) bond motifs is 25. The molecule has 608 valence electrons. The van der Waals surface area contributed by atoms with Crippen molar-refractivity contribution in [3.63, 3.8) is 0 Å². The SMILES string of the molecule is CC(C)c1ccc2c(c1)c1ccc[c-]c1c1nccn21.Cc1cccc(C)c1-c1c(C)nc2c3[c-]cccc3c3cc(CC(C)(C)C)ccc3n12.Cc1cn2c3ccccc3c3ccc[c-]c3c2n1.[Ir].[Ir].[Ir].[Ir].[Ir].[Ir].[c-]1cccc2c1c1nccn1c1ccccc21.[c-]1ccccc1-c1ccccn1.[c-]1ccccc1-c1nccc2ccccc12. The fourth-order valence-corrected chi connectivity index (χ4v) is 15.8. The normalized spacial score (nSPS) is 10.9. The van der Waals surface area contributed by atoms with E-state index < -0.39 is 0 Å². The van der Waals surface area contributed by atoms with E-state index in [2.05, 4.69) is 286 Å². The van der Waals surface area contributed by atoms with Crippen molar-refractivity contribution in [3.8, 4) is 33.8 Å². The largest absolute Gasteiger partial charge is 0.340 e. The number of pyridine rings is 6. The molecule has 0 aliphatic carbocycles. The molecule has 22 rings (SSSR count). The average Bonchev–Trinajstić information content (AvgIpc) is 1.52. The number of hydrogen-bond acceptors (Lipinski definition) is 6. The molecule has 22 aromatic rings. The summed E-state index contributed by atoms with van der Waals surface area (Å²) in [5, 5.41) is 16.6. The van der Waals surface area contributed by atoms with Crippen LogP contribution in [0.5, 0.6) is 0 Å². The minimum absolute atomic E-state index is 0. The van der Waals surface area contributed by atoms with Gasteiger partial charge in [0.25, 0.3) is 0 Å². The van der Waals surface area contributed by atoms with Crippen molar-refractivity contribution in [2.75, 3.05) is 0 Å². The summed E-state index contributed by atoms with van der Waals surface area (Å²) < 4.78 is 8.79. The van der Waals surface area contributed by atoms with Crippen LogP contribution in [0.3, 0.4) is 0 Å². The second-order valence-corrected chi connectivity index (χ2v) is 30.3. The molecule has 0 fully saturated rings. The van der Waals surface area contributed by atoms with Gasteiger partial charge in [-0.05, 0) is 148 Å². The molecule has 10 aromatic heterocycles. The number of aryl methyl sites for hydroxylation is 4. The zero-order valence-corrected chi connectivity index (χ0v) is 81.6. The Morgan fingerprint density at radius 2 is 0.842 bits per heavy atom. The number of benzene rings is 12. The van der Waals surface area contributed by atoms with Crippen LogP contribution in [0.25, 0.3) is 154 Å². The molecular weight excluding hydrogens is 2540 g/mol. The Morgan fingerprint density at radius 1 is 0.358 bits per heavy atom. The van der Waals surface area contributed by atoms with Gasteiger partial charge in [-0.2, -0.15) is 0 Å². The molecule has 0 bridgehead atoms. The van der Waals surface area contributed by atoms with E-state index in [1.54, 1.807) is 6.20 Å². The third kappa shape index (κ3) is 18.6. The van der Waals surface area contributed by atoms with Gasteiger partial charge >= 0.3 is 0 Å². The summed E-state index contributed by atoms with van der Waals surface area (Å²) in [4.78, 5) is 27.3. The summed E-state index contributed by atoms with van der Waals surface area (Å²) in [5.74, 6) is 0.528. The van der Waals surface area contributed by atoms with Crippen LogP contribution >= 0.6 is 0 Å². The van der Waals surface area contributed by atoms with Crippen LogP contribution in [-0.2, 0) is 127 Å². The van der Waals surface area contributed by atoms with Crippen LogP contribution < -0.4 is 0 Å². The molecule has 0 unspecified atom stereocenters. The van der Waals surface area contributed by atoms with E-state index in [9.17, 15) is 0 Å². The number of hydrogen-bond donors (Lipinski definition) is 0. The molecule has 0 aliphatic heterocycles.